The van der Waals surface area contributed by atoms with E-state index in [0.29, 0.717) is 0 Å². The molecule has 0 radical (unpaired) electrons. The highest BCUT2D eigenvalue weighted by Crippen LogP contribution is 2.23. The van der Waals surface area contributed by atoms with Crippen molar-refractivity contribution in [2.24, 2.45) is 0 Å². The first-order valence-corrected chi connectivity index (χ1v) is 8.25. The molecule has 122 valence electrons. The van der Waals surface area contributed by atoms with E-state index in [-0.39, 0.29) is 27.9 Å². The zero-order valence-corrected chi connectivity index (χ0v) is 13.8. The Balaban J connectivity index is 2.85. The Hall–Kier alpha value is -1.49. The minimum atomic E-state index is -3.91. The third-order valence-electron chi connectivity index (χ3n) is 2.64. The van der Waals surface area contributed by atoms with Crippen LogP contribution in [-0.2, 0) is 19.6 Å². The molecule has 0 saturated heterocycles. The van der Waals surface area contributed by atoms with Crippen molar-refractivity contribution < 1.29 is 33.0 Å². The topological polar surface area (TPSA) is 130 Å². The molecule has 0 fully saturated rings. The van der Waals surface area contributed by atoms with Crippen molar-refractivity contribution >= 4 is 37.9 Å². The van der Waals surface area contributed by atoms with Gasteiger partial charge in [-0.25, -0.2) is 22.7 Å². The molecular weight excluding hydrogens is 382 g/mol. The third-order valence-corrected chi connectivity index (χ3v) is 5.08. The van der Waals surface area contributed by atoms with Crippen LogP contribution in [0.15, 0.2) is 27.6 Å². The van der Waals surface area contributed by atoms with Crippen molar-refractivity contribution in [1.82, 2.24) is 4.72 Å². The van der Waals surface area contributed by atoms with Crippen LogP contribution >= 0.6 is 15.9 Å². The molecule has 0 aliphatic rings. The fourth-order valence-corrected chi connectivity index (χ4v) is 3.62. The third kappa shape index (κ3) is 4.77. The number of sulfonamides is 1. The van der Waals surface area contributed by atoms with Gasteiger partial charge in [0.2, 0.25) is 10.0 Å². The Bertz CT molecular complexity index is 674. The second kappa shape index (κ2) is 7.68. The summed E-state index contributed by atoms with van der Waals surface area (Å²) in [5.41, 5.74) is 0.176. The van der Waals surface area contributed by atoms with Gasteiger partial charge in [0, 0.05) is 11.0 Å². The van der Waals surface area contributed by atoms with Gasteiger partial charge in [-0.2, -0.15) is 0 Å². The number of methoxy groups -OCH3 is 1. The Morgan fingerprint density at radius 1 is 1.41 bits per heavy atom. The molecule has 0 bridgehead atoms. The number of benzene rings is 1. The predicted molar refractivity (Wildman–Crippen MR) is 78.9 cm³/mol. The molecule has 22 heavy (non-hydrogen) atoms. The molecule has 0 saturated carbocycles. The van der Waals surface area contributed by atoms with Crippen LogP contribution in [0.1, 0.15) is 16.8 Å². The van der Waals surface area contributed by atoms with Crippen LogP contribution in [0.3, 0.4) is 0 Å². The summed E-state index contributed by atoms with van der Waals surface area (Å²) < 4.78 is 31.0. The number of nitrogens with one attached hydrogen (secondary N) is 1. The summed E-state index contributed by atoms with van der Waals surface area (Å²) >= 11 is 3.05. The molecule has 0 heterocycles. The van der Waals surface area contributed by atoms with Crippen LogP contribution in [0.25, 0.3) is 0 Å². The van der Waals surface area contributed by atoms with Gasteiger partial charge < -0.3 is 14.9 Å². The number of carboxylic acid groups (broad SMARTS) is 1. The lowest BCUT2D eigenvalue weighted by molar-refractivity contribution is -0.146. The second-order valence-corrected chi connectivity index (χ2v) is 6.77. The summed E-state index contributed by atoms with van der Waals surface area (Å²) in [6.07, 6.45) is -1.92. The number of aliphatic carboxylic acids is 1. The van der Waals surface area contributed by atoms with Gasteiger partial charge in [-0.1, -0.05) is 0 Å². The summed E-state index contributed by atoms with van der Waals surface area (Å²) in [4.78, 5) is 21.7. The van der Waals surface area contributed by atoms with Gasteiger partial charge in [-0.3, -0.25) is 0 Å². The number of aliphatic hydroxyl groups excluding tert-OH is 1. The number of carbonyl (C=O) groups is 2. The Labute approximate surface area is 135 Å². The number of carboxylic acids is 1. The number of carbonyl (C=O) groups excluding carboxylic acids is 1. The molecule has 0 aliphatic heterocycles. The lowest BCUT2D eigenvalue weighted by Gasteiger charge is -2.10. The van der Waals surface area contributed by atoms with Crippen LogP contribution < -0.4 is 4.72 Å². The molecule has 0 spiro atoms. The highest BCUT2D eigenvalue weighted by Gasteiger charge is 2.20. The lowest BCUT2D eigenvalue weighted by Crippen LogP contribution is -2.30. The van der Waals surface area contributed by atoms with Gasteiger partial charge in [0.25, 0.3) is 0 Å². The smallest absolute Gasteiger partial charge is 0.337 e. The van der Waals surface area contributed by atoms with Gasteiger partial charge >= 0.3 is 11.9 Å². The van der Waals surface area contributed by atoms with Crippen molar-refractivity contribution in [2.45, 2.75) is 17.4 Å². The van der Waals surface area contributed by atoms with E-state index in [1.54, 1.807) is 0 Å². The quantitative estimate of drug-likeness (QED) is 0.567. The zero-order chi connectivity index (χ0) is 16.9. The molecule has 1 rings (SSSR count). The fraction of sp³-hybridized carbons (Fsp3) is 0.333. The van der Waals surface area contributed by atoms with Crippen LogP contribution in [-0.4, -0.2) is 50.3 Å². The average Bonchev–Trinajstić information content (AvgIpc) is 2.45. The Kier molecular flexibility index (Phi) is 6.48. The largest absolute Gasteiger partial charge is 0.479 e. The molecule has 8 nitrogen and oxygen atoms in total. The van der Waals surface area contributed by atoms with Gasteiger partial charge in [-0.15, -0.1) is 0 Å². The van der Waals surface area contributed by atoms with E-state index in [9.17, 15) is 18.0 Å². The van der Waals surface area contributed by atoms with E-state index >= 15 is 0 Å². The van der Waals surface area contributed by atoms with Crippen molar-refractivity contribution in [2.75, 3.05) is 13.7 Å². The second-order valence-electron chi connectivity index (χ2n) is 4.18. The molecule has 0 unspecified atom stereocenters. The number of esters is 1. The Morgan fingerprint density at radius 3 is 2.55 bits per heavy atom. The number of rotatable bonds is 7. The van der Waals surface area contributed by atoms with Crippen LogP contribution in [0.5, 0.6) is 0 Å². The molecule has 1 aromatic carbocycles. The van der Waals surface area contributed by atoms with E-state index in [1.165, 1.54) is 25.3 Å². The van der Waals surface area contributed by atoms with E-state index < -0.39 is 28.1 Å². The normalized spacial score (nSPS) is 12.7. The van der Waals surface area contributed by atoms with Gasteiger partial charge in [-0.05, 0) is 40.5 Å². The first-order chi connectivity index (χ1) is 10.2. The van der Waals surface area contributed by atoms with E-state index in [1.807, 2.05) is 0 Å². The molecule has 10 heteroatoms. The number of hydrogen-bond donors (Lipinski definition) is 3. The number of aliphatic hydroxyl groups is 1. The summed E-state index contributed by atoms with van der Waals surface area (Å²) in [6, 6.07) is 3.80. The van der Waals surface area contributed by atoms with Crippen LogP contribution in [0.4, 0.5) is 0 Å². The summed E-state index contributed by atoms with van der Waals surface area (Å²) in [7, 11) is -2.71. The number of ether oxygens (including phenoxy) is 1. The average molecular weight is 396 g/mol. The SMILES string of the molecule is COC(=O)c1ccc(S(=O)(=O)NCC[C@H](O)C(=O)O)c(Br)c1. The van der Waals surface area contributed by atoms with E-state index in [4.69, 9.17) is 10.2 Å². The van der Waals surface area contributed by atoms with Crippen molar-refractivity contribution in [1.29, 1.82) is 0 Å². The maximum Gasteiger partial charge on any atom is 0.337 e. The summed E-state index contributed by atoms with van der Waals surface area (Å²) in [5, 5.41) is 17.6. The monoisotopic (exact) mass is 395 g/mol. The number of halogens is 1. The van der Waals surface area contributed by atoms with Gasteiger partial charge in [0.05, 0.1) is 17.6 Å². The molecule has 1 atom stereocenters. The van der Waals surface area contributed by atoms with Crippen LogP contribution in [0.2, 0.25) is 0 Å². The van der Waals surface area contributed by atoms with Crippen LogP contribution in [0, 0.1) is 0 Å². The molecule has 0 aliphatic carbocycles. The Morgan fingerprint density at radius 2 is 2.05 bits per heavy atom. The molecular formula is C12H14BrNO7S. The molecule has 0 amide bonds. The van der Waals surface area contributed by atoms with E-state index in [2.05, 4.69) is 25.4 Å². The first-order valence-electron chi connectivity index (χ1n) is 5.97. The zero-order valence-electron chi connectivity index (χ0n) is 11.4. The maximum absolute atomic E-state index is 12.1. The highest BCUT2D eigenvalue weighted by molar-refractivity contribution is 9.10. The molecule has 3 N–H and O–H groups in total. The minimum absolute atomic E-state index is 0.120. The van der Waals surface area contributed by atoms with Gasteiger partial charge in [0.15, 0.2) is 6.10 Å². The molecule has 1 aromatic rings. The minimum Gasteiger partial charge on any atom is -0.479 e. The van der Waals surface area contributed by atoms with Gasteiger partial charge in [0.1, 0.15) is 0 Å². The standard InChI is InChI=1S/C12H14BrNO7S/c1-21-12(18)7-2-3-10(8(13)6-7)22(19,20)14-5-4-9(15)11(16)17/h2-3,6,9,14-15H,4-5H2,1H3,(H,16,17)/t9-/m0/s1. The summed E-state index contributed by atoms with van der Waals surface area (Å²) in [5.74, 6) is -2.04. The maximum atomic E-state index is 12.1. The summed E-state index contributed by atoms with van der Waals surface area (Å²) in [6.45, 7) is -0.249. The van der Waals surface area contributed by atoms with E-state index in [0.717, 1.165) is 0 Å². The first kappa shape index (κ1) is 18.6. The molecule has 0 aromatic heterocycles. The fourth-order valence-electron chi connectivity index (χ4n) is 1.49. The lowest BCUT2D eigenvalue weighted by atomic mass is 10.2. The number of hydrogen-bond acceptors (Lipinski definition) is 6. The van der Waals surface area contributed by atoms with Crippen molar-refractivity contribution in [3.63, 3.8) is 0 Å². The van der Waals surface area contributed by atoms with Crippen molar-refractivity contribution in [3.05, 3.63) is 28.2 Å². The predicted octanol–water partition coefficient (Wildman–Crippen LogP) is 0.350. The highest BCUT2D eigenvalue weighted by atomic mass is 79.9. The van der Waals surface area contributed by atoms with Crippen molar-refractivity contribution in [3.8, 4) is 0 Å².